The first kappa shape index (κ1) is 14.5. The van der Waals surface area contributed by atoms with Crippen LogP contribution in [-0.2, 0) is 0 Å². The molecule has 0 bridgehead atoms. The number of rotatable bonds is 5. The average Bonchev–Trinajstić information content (AvgIpc) is 2.47. The fourth-order valence-corrected chi connectivity index (χ4v) is 2.35. The standard InChI is InChI=1S/C15H17F2N3/c1-3-20(4-2)13(11-7-5-9-18-14(11)16)12-8-6-10-19-15(12)17/h5-10,13H,3-4H2,1-2H3. The molecule has 2 heterocycles. The van der Waals surface area contributed by atoms with Crippen LogP contribution in [0.3, 0.4) is 0 Å². The highest BCUT2D eigenvalue weighted by molar-refractivity contribution is 5.29. The van der Waals surface area contributed by atoms with Gasteiger partial charge in [0.2, 0.25) is 11.9 Å². The molecule has 2 aromatic heterocycles. The number of hydrogen-bond acceptors (Lipinski definition) is 3. The van der Waals surface area contributed by atoms with Gasteiger partial charge in [0.1, 0.15) is 0 Å². The molecule has 0 unspecified atom stereocenters. The maximum atomic E-state index is 14.0. The van der Waals surface area contributed by atoms with Crippen LogP contribution in [-0.4, -0.2) is 28.0 Å². The van der Waals surface area contributed by atoms with Crippen LogP contribution in [0.4, 0.5) is 8.78 Å². The van der Waals surface area contributed by atoms with Gasteiger partial charge in [-0.25, -0.2) is 9.97 Å². The molecule has 0 aliphatic rings. The van der Waals surface area contributed by atoms with Crippen LogP contribution in [0.1, 0.15) is 31.0 Å². The predicted octanol–water partition coefficient (Wildman–Crippen LogP) is 3.19. The second kappa shape index (κ2) is 6.52. The van der Waals surface area contributed by atoms with Crippen LogP contribution in [0, 0.1) is 11.9 Å². The molecule has 0 atom stereocenters. The predicted molar refractivity (Wildman–Crippen MR) is 73.2 cm³/mol. The van der Waals surface area contributed by atoms with Gasteiger partial charge in [0.05, 0.1) is 6.04 Å². The number of hydrogen-bond donors (Lipinski definition) is 0. The summed E-state index contributed by atoms with van der Waals surface area (Å²) in [5.74, 6) is -1.15. The lowest BCUT2D eigenvalue weighted by atomic mass is 9.99. The first-order valence-corrected chi connectivity index (χ1v) is 6.63. The molecular formula is C15H17F2N3. The van der Waals surface area contributed by atoms with Crippen molar-refractivity contribution < 1.29 is 8.78 Å². The molecule has 3 nitrogen and oxygen atoms in total. The molecule has 0 fully saturated rings. The van der Waals surface area contributed by atoms with Crippen LogP contribution in [0.15, 0.2) is 36.7 Å². The summed E-state index contributed by atoms with van der Waals surface area (Å²) < 4.78 is 28.0. The summed E-state index contributed by atoms with van der Waals surface area (Å²) in [4.78, 5) is 9.31. The summed E-state index contributed by atoms with van der Waals surface area (Å²) >= 11 is 0. The van der Waals surface area contributed by atoms with Crippen molar-refractivity contribution in [3.8, 4) is 0 Å². The van der Waals surface area contributed by atoms with Crippen LogP contribution in [0.2, 0.25) is 0 Å². The Kier molecular flexibility index (Phi) is 4.74. The van der Waals surface area contributed by atoms with E-state index >= 15 is 0 Å². The minimum Gasteiger partial charge on any atom is -0.293 e. The largest absolute Gasteiger partial charge is 0.293 e. The summed E-state index contributed by atoms with van der Waals surface area (Å²) in [5.41, 5.74) is 0.728. The van der Waals surface area contributed by atoms with Crippen LogP contribution >= 0.6 is 0 Å². The van der Waals surface area contributed by atoms with Gasteiger partial charge in [-0.3, -0.25) is 4.90 Å². The molecule has 0 radical (unpaired) electrons. The molecule has 0 aliphatic heterocycles. The summed E-state index contributed by atoms with van der Waals surface area (Å²) in [6.45, 7) is 5.26. The van der Waals surface area contributed by atoms with E-state index in [0.717, 1.165) is 0 Å². The van der Waals surface area contributed by atoms with Crippen molar-refractivity contribution >= 4 is 0 Å². The van der Waals surface area contributed by atoms with Gasteiger partial charge in [-0.1, -0.05) is 26.0 Å². The van der Waals surface area contributed by atoms with Gasteiger partial charge in [0.25, 0.3) is 0 Å². The van der Waals surface area contributed by atoms with E-state index in [4.69, 9.17) is 0 Å². The van der Waals surface area contributed by atoms with Crippen molar-refractivity contribution in [3.05, 3.63) is 59.7 Å². The molecular weight excluding hydrogens is 260 g/mol. The van der Waals surface area contributed by atoms with Gasteiger partial charge in [-0.2, -0.15) is 8.78 Å². The highest BCUT2D eigenvalue weighted by Crippen LogP contribution is 2.30. The third-order valence-corrected chi connectivity index (χ3v) is 3.34. The zero-order valence-corrected chi connectivity index (χ0v) is 11.6. The summed E-state index contributed by atoms with van der Waals surface area (Å²) in [7, 11) is 0. The summed E-state index contributed by atoms with van der Waals surface area (Å²) in [6, 6.07) is 6.06. The maximum absolute atomic E-state index is 14.0. The van der Waals surface area contributed by atoms with Crippen LogP contribution < -0.4 is 0 Å². The molecule has 0 saturated carbocycles. The van der Waals surface area contributed by atoms with Gasteiger partial charge in [-0.15, -0.1) is 0 Å². The van der Waals surface area contributed by atoms with Gasteiger partial charge >= 0.3 is 0 Å². The number of halogens is 2. The Bertz CT molecular complexity index is 525. The topological polar surface area (TPSA) is 29.0 Å². The van der Waals surface area contributed by atoms with Gasteiger partial charge < -0.3 is 0 Å². The molecule has 0 spiro atoms. The van der Waals surface area contributed by atoms with Crippen molar-refractivity contribution in [3.63, 3.8) is 0 Å². The fourth-order valence-electron chi connectivity index (χ4n) is 2.35. The highest BCUT2D eigenvalue weighted by atomic mass is 19.1. The van der Waals surface area contributed by atoms with E-state index in [1.54, 1.807) is 24.3 Å². The fraction of sp³-hybridized carbons (Fsp3) is 0.333. The Hall–Kier alpha value is -1.88. The molecule has 2 aromatic rings. The molecule has 106 valence electrons. The average molecular weight is 277 g/mol. The Morgan fingerprint density at radius 1 is 0.950 bits per heavy atom. The Morgan fingerprint density at radius 3 is 1.75 bits per heavy atom. The van der Waals surface area contributed by atoms with E-state index < -0.39 is 17.9 Å². The molecule has 0 aliphatic carbocycles. The zero-order valence-electron chi connectivity index (χ0n) is 11.6. The summed E-state index contributed by atoms with van der Waals surface area (Å²) in [6.07, 6.45) is 2.77. The van der Waals surface area contributed by atoms with Crippen molar-refractivity contribution in [1.29, 1.82) is 0 Å². The van der Waals surface area contributed by atoms with Crippen molar-refractivity contribution in [1.82, 2.24) is 14.9 Å². The van der Waals surface area contributed by atoms with Crippen molar-refractivity contribution in [2.24, 2.45) is 0 Å². The first-order chi connectivity index (χ1) is 9.69. The second-order valence-corrected chi connectivity index (χ2v) is 4.39. The minimum atomic E-state index is -0.576. The zero-order chi connectivity index (χ0) is 14.5. The van der Waals surface area contributed by atoms with E-state index in [-0.39, 0.29) is 0 Å². The smallest absolute Gasteiger partial charge is 0.217 e. The molecule has 0 aromatic carbocycles. The van der Waals surface area contributed by atoms with Crippen molar-refractivity contribution in [2.75, 3.05) is 13.1 Å². The van der Waals surface area contributed by atoms with Crippen molar-refractivity contribution in [2.45, 2.75) is 19.9 Å². The van der Waals surface area contributed by atoms with E-state index in [1.807, 2.05) is 18.7 Å². The number of aromatic nitrogens is 2. The third kappa shape index (κ3) is 2.82. The number of pyridine rings is 2. The minimum absolute atomic E-state index is 0.364. The Balaban J connectivity index is 2.57. The quantitative estimate of drug-likeness (QED) is 0.786. The molecule has 0 saturated heterocycles. The van der Waals surface area contributed by atoms with E-state index in [9.17, 15) is 8.78 Å². The third-order valence-electron chi connectivity index (χ3n) is 3.34. The van der Waals surface area contributed by atoms with E-state index in [0.29, 0.717) is 24.2 Å². The van der Waals surface area contributed by atoms with E-state index in [2.05, 4.69) is 9.97 Å². The number of nitrogens with zero attached hydrogens (tertiary/aromatic N) is 3. The van der Waals surface area contributed by atoms with Crippen LogP contribution in [0.5, 0.6) is 0 Å². The molecule has 2 rings (SSSR count). The molecule has 5 heteroatoms. The highest BCUT2D eigenvalue weighted by Gasteiger charge is 2.26. The Labute approximate surface area is 117 Å². The first-order valence-electron chi connectivity index (χ1n) is 6.63. The van der Waals surface area contributed by atoms with E-state index in [1.165, 1.54) is 12.4 Å². The molecule has 0 N–H and O–H groups in total. The van der Waals surface area contributed by atoms with Gasteiger partial charge in [0.15, 0.2) is 0 Å². The maximum Gasteiger partial charge on any atom is 0.217 e. The summed E-state index contributed by atoms with van der Waals surface area (Å²) in [5, 5.41) is 0. The lowest BCUT2D eigenvalue weighted by Crippen LogP contribution is -2.31. The SMILES string of the molecule is CCN(CC)C(c1cccnc1F)c1cccnc1F. The lowest BCUT2D eigenvalue weighted by Gasteiger charge is -2.30. The second-order valence-electron chi connectivity index (χ2n) is 4.39. The molecule has 0 amide bonds. The van der Waals surface area contributed by atoms with Gasteiger partial charge in [0, 0.05) is 23.5 Å². The Morgan fingerprint density at radius 2 is 1.40 bits per heavy atom. The van der Waals surface area contributed by atoms with Crippen LogP contribution in [0.25, 0.3) is 0 Å². The lowest BCUT2D eigenvalue weighted by molar-refractivity contribution is 0.239. The van der Waals surface area contributed by atoms with Gasteiger partial charge in [-0.05, 0) is 25.2 Å². The normalized spacial score (nSPS) is 11.3. The molecule has 20 heavy (non-hydrogen) atoms. The monoisotopic (exact) mass is 277 g/mol.